The molecule has 0 heterocycles. The third-order valence-corrected chi connectivity index (χ3v) is 4.47. The van der Waals surface area contributed by atoms with E-state index in [1.54, 1.807) is 31.4 Å². The Kier molecular flexibility index (Phi) is 6.37. The zero-order valence-electron chi connectivity index (χ0n) is 14.5. The summed E-state index contributed by atoms with van der Waals surface area (Å²) in [4.78, 5) is 12.5. The van der Waals surface area contributed by atoms with Crippen molar-refractivity contribution in [2.75, 3.05) is 12.4 Å². The van der Waals surface area contributed by atoms with Crippen LogP contribution in [0, 0.1) is 0 Å². The number of benzene rings is 3. The summed E-state index contributed by atoms with van der Waals surface area (Å²) in [5.74, 6) is 1.61. The Morgan fingerprint density at radius 3 is 2.59 bits per heavy atom. The first kappa shape index (κ1) is 19.3. The number of rotatable bonds is 6. The zero-order chi connectivity index (χ0) is 19.2. The van der Waals surface area contributed by atoms with Gasteiger partial charge >= 0.3 is 0 Å². The molecule has 0 saturated heterocycles. The van der Waals surface area contributed by atoms with Crippen molar-refractivity contribution in [1.82, 2.24) is 0 Å². The van der Waals surface area contributed by atoms with E-state index in [0.29, 0.717) is 28.0 Å². The van der Waals surface area contributed by atoms with E-state index in [4.69, 9.17) is 21.1 Å². The summed E-state index contributed by atoms with van der Waals surface area (Å²) in [7, 11) is 1.59. The highest BCUT2D eigenvalue weighted by Crippen LogP contribution is 2.33. The molecule has 3 rings (SSSR count). The average Bonchev–Trinajstić information content (AvgIpc) is 2.64. The summed E-state index contributed by atoms with van der Waals surface area (Å²) in [6, 6.07) is 19.9. The lowest BCUT2D eigenvalue weighted by Crippen LogP contribution is -2.15. The molecule has 0 spiro atoms. The van der Waals surface area contributed by atoms with E-state index in [9.17, 15) is 4.79 Å². The lowest BCUT2D eigenvalue weighted by Gasteiger charge is -2.13. The molecule has 138 valence electrons. The average molecular weight is 447 g/mol. The van der Waals surface area contributed by atoms with E-state index in [2.05, 4.69) is 21.2 Å². The van der Waals surface area contributed by atoms with Crippen molar-refractivity contribution >= 4 is 39.1 Å². The van der Waals surface area contributed by atoms with Crippen LogP contribution in [0.1, 0.15) is 5.56 Å². The molecule has 3 aromatic rings. The minimum Gasteiger partial charge on any atom is -0.497 e. The van der Waals surface area contributed by atoms with Gasteiger partial charge in [0.2, 0.25) is 5.91 Å². The largest absolute Gasteiger partial charge is 0.497 e. The maximum Gasteiger partial charge on any atom is 0.228 e. The molecular formula is C21H17BrClNO3. The van der Waals surface area contributed by atoms with Gasteiger partial charge in [-0.05, 0) is 48.0 Å². The molecule has 0 aliphatic rings. The zero-order valence-corrected chi connectivity index (χ0v) is 16.9. The van der Waals surface area contributed by atoms with E-state index in [1.807, 2.05) is 42.5 Å². The number of carbonyl (C=O) groups excluding carboxylic acids is 1. The highest BCUT2D eigenvalue weighted by Gasteiger charge is 2.11. The van der Waals surface area contributed by atoms with Gasteiger partial charge in [-0.15, -0.1) is 0 Å². The Bertz CT molecular complexity index is 962. The van der Waals surface area contributed by atoms with Gasteiger partial charge in [-0.3, -0.25) is 4.79 Å². The molecule has 0 atom stereocenters. The summed E-state index contributed by atoms with van der Waals surface area (Å²) in [5.41, 5.74) is 1.41. The van der Waals surface area contributed by atoms with Crippen LogP contribution in [0.4, 0.5) is 5.69 Å². The van der Waals surface area contributed by atoms with E-state index >= 15 is 0 Å². The van der Waals surface area contributed by atoms with E-state index in [-0.39, 0.29) is 12.3 Å². The lowest BCUT2D eigenvalue weighted by molar-refractivity contribution is -0.115. The van der Waals surface area contributed by atoms with Crippen LogP contribution in [0.2, 0.25) is 5.02 Å². The van der Waals surface area contributed by atoms with Crippen molar-refractivity contribution < 1.29 is 14.3 Å². The van der Waals surface area contributed by atoms with Crippen molar-refractivity contribution in [2.24, 2.45) is 0 Å². The van der Waals surface area contributed by atoms with Crippen LogP contribution in [-0.2, 0) is 11.2 Å². The molecule has 0 bridgehead atoms. The van der Waals surface area contributed by atoms with Gasteiger partial charge in [-0.1, -0.05) is 45.7 Å². The van der Waals surface area contributed by atoms with Crippen LogP contribution >= 0.6 is 27.5 Å². The monoisotopic (exact) mass is 445 g/mol. The first-order valence-electron chi connectivity index (χ1n) is 8.19. The molecule has 27 heavy (non-hydrogen) atoms. The smallest absolute Gasteiger partial charge is 0.228 e. The summed E-state index contributed by atoms with van der Waals surface area (Å²) in [6.07, 6.45) is 0.241. The Hall–Kier alpha value is -2.50. The van der Waals surface area contributed by atoms with Crippen LogP contribution in [0.25, 0.3) is 0 Å². The SMILES string of the molecule is COc1cccc(Oc2ccc(Cl)cc2NC(=O)Cc2cccc(Br)c2)c1. The van der Waals surface area contributed by atoms with Crippen molar-refractivity contribution in [3.05, 3.63) is 81.8 Å². The predicted octanol–water partition coefficient (Wildman–Crippen LogP) is 6.08. The third-order valence-electron chi connectivity index (χ3n) is 3.74. The number of anilines is 1. The fourth-order valence-corrected chi connectivity index (χ4v) is 3.13. The number of carbonyl (C=O) groups is 1. The first-order chi connectivity index (χ1) is 13.0. The summed E-state index contributed by atoms with van der Waals surface area (Å²) in [6.45, 7) is 0. The number of nitrogens with one attached hydrogen (secondary N) is 1. The predicted molar refractivity (Wildman–Crippen MR) is 111 cm³/mol. The lowest BCUT2D eigenvalue weighted by atomic mass is 10.1. The molecule has 1 amide bonds. The van der Waals surface area contributed by atoms with Crippen molar-refractivity contribution in [3.63, 3.8) is 0 Å². The topological polar surface area (TPSA) is 47.6 Å². The molecule has 0 saturated carbocycles. The van der Waals surface area contributed by atoms with E-state index < -0.39 is 0 Å². The van der Waals surface area contributed by atoms with Crippen LogP contribution < -0.4 is 14.8 Å². The van der Waals surface area contributed by atoms with Crippen LogP contribution in [0.3, 0.4) is 0 Å². The molecule has 0 aromatic heterocycles. The molecule has 4 nitrogen and oxygen atoms in total. The normalized spacial score (nSPS) is 10.3. The van der Waals surface area contributed by atoms with Gasteiger partial charge in [-0.2, -0.15) is 0 Å². The van der Waals surface area contributed by atoms with Gasteiger partial charge < -0.3 is 14.8 Å². The third kappa shape index (κ3) is 5.49. The second-order valence-corrected chi connectivity index (χ2v) is 7.13. The van der Waals surface area contributed by atoms with Gasteiger partial charge in [-0.25, -0.2) is 0 Å². The fraction of sp³-hybridized carbons (Fsp3) is 0.0952. The van der Waals surface area contributed by atoms with E-state index in [0.717, 1.165) is 10.0 Å². The van der Waals surface area contributed by atoms with Crippen LogP contribution in [0.15, 0.2) is 71.2 Å². The molecule has 0 aliphatic heterocycles. The standard InChI is InChI=1S/C21H17BrClNO3/c1-26-17-6-3-7-18(13-17)27-20-9-8-16(23)12-19(20)24-21(25)11-14-4-2-5-15(22)10-14/h2-10,12-13H,11H2,1H3,(H,24,25). The first-order valence-corrected chi connectivity index (χ1v) is 9.36. The fourth-order valence-electron chi connectivity index (χ4n) is 2.51. The van der Waals surface area contributed by atoms with Crippen molar-refractivity contribution in [2.45, 2.75) is 6.42 Å². The van der Waals surface area contributed by atoms with Crippen LogP contribution in [0.5, 0.6) is 17.2 Å². The minimum absolute atomic E-state index is 0.161. The van der Waals surface area contributed by atoms with Gasteiger partial charge in [0.1, 0.15) is 11.5 Å². The second-order valence-electron chi connectivity index (χ2n) is 5.78. The van der Waals surface area contributed by atoms with Gasteiger partial charge in [0.15, 0.2) is 5.75 Å². The Balaban J connectivity index is 1.78. The maximum atomic E-state index is 12.5. The summed E-state index contributed by atoms with van der Waals surface area (Å²) >= 11 is 9.51. The summed E-state index contributed by atoms with van der Waals surface area (Å²) in [5, 5.41) is 3.38. The number of amides is 1. The maximum absolute atomic E-state index is 12.5. The number of halogens is 2. The van der Waals surface area contributed by atoms with E-state index in [1.165, 1.54) is 0 Å². The molecule has 0 fully saturated rings. The Morgan fingerprint density at radius 1 is 1.04 bits per heavy atom. The second kappa shape index (κ2) is 8.93. The van der Waals surface area contributed by atoms with Gasteiger partial charge in [0.25, 0.3) is 0 Å². The Morgan fingerprint density at radius 2 is 1.81 bits per heavy atom. The van der Waals surface area contributed by atoms with Crippen molar-refractivity contribution in [3.8, 4) is 17.2 Å². The van der Waals surface area contributed by atoms with Crippen molar-refractivity contribution in [1.29, 1.82) is 0 Å². The highest BCUT2D eigenvalue weighted by atomic mass is 79.9. The molecule has 3 aromatic carbocycles. The van der Waals surface area contributed by atoms with Gasteiger partial charge in [0, 0.05) is 15.6 Å². The summed E-state index contributed by atoms with van der Waals surface area (Å²) < 4.78 is 12.1. The molecule has 0 aliphatic carbocycles. The van der Waals surface area contributed by atoms with Crippen LogP contribution in [-0.4, -0.2) is 13.0 Å². The number of methoxy groups -OCH3 is 1. The molecular weight excluding hydrogens is 430 g/mol. The van der Waals surface area contributed by atoms with Gasteiger partial charge in [0.05, 0.1) is 19.2 Å². The number of ether oxygens (including phenoxy) is 2. The minimum atomic E-state index is -0.161. The molecule has 0 unspecified atom stereocenters. The number of hydrogen-bond donors (Lipinski definition) is 1. The Labute approximate surface area is 171 Å². The molecule has 1 N–H and O–H groups in total. The molecule has 6 heteroatoms. The molecule has 0 radical (unpaired) electrons. The quantitative estimate of drug-likeness (QED) is 0.499. The number of hydrogen-bond acceptors (Lipinski definition) is 3. The highest BCUT2D eigenvalue weighted by molar-refractivity contribution is 9.10.